The van der Waals surface area contributed by atoms with Gasteiger partial charge in [0, 0.05) is 12.5 Å². The molecule has 3 nitrogen and oxygen atoms in total. The van der Waals surface area contributed by atoms with E-state index in [4.69, 9.17) is 4.74 Å². The lowest BCUT2D eigenvalue weighted by Gasteiger charge is -2.28. The number of hydrogen-bond acceptors (Lipinski definition) is 2. The standard InChI is InChI=1S/C21H25NO2/c1-15(2)21(23)22-13-7-12-20(22)19-11-5-4-10-18(19)16-8-6-9-17(14-16)24-3/h4-6,8-11,14-15,20H,7,12-13H2,1-3H3/t20-/m0/s1. The smallest absolute Gasteiger partial charge is 0.225 e. The minimum absolute atomic E-state index is 0.0366. The lowest BCUT2D eigenvalue weighted by atomic mass is 9.93. The Bertz CT molecular complexity index is 723. The molecule has 0 aliphatic carbocycles. The molecule has 0 N–H and O–H groups in total. The minimum atomic E-state index is 0.0366. The topological polar surface area (TPSA) is 29.5 Å². The van der Waals surface area contributed by atoms with Crippen LogP contribution in [0.5, 0.6) is 5.75 Å². The molecule has 0 unspecified atom stereocenters. The van der Waals surface area contributed by atoms with Crippen LogP contribution in [0.25, 0.3) is 11.1 Å². The first kappa shape index (κ1) is 16.6. The number of benzene rings is 2. The van der Waals surface area contributed by atoms with Crippen LogP contribution in [-0.2, 0) is 4.79 Å². The zero-order valence-corrected chi connectivity index (χ0v) is 14.7. The van der Waals surface area contributed by atoms with Gasteiger partial charge in [0.2, 0.25) is 5.91 Å². The zero-order valence-electron chi connectivity index (χ0n) is 14.7. The van der Waals surface area contributed by atoms with Crippen LogP contribution in [-0.4, -0.2) is 24.5 Å². The number of rotatable bonds is 4. The molecular weight excluding hydrogens is 298 g/mol. The number of carbonyl (C=O) groups excluding carboxylic acids is 1. The first-order valence-electron chi connectivity index (χ1n) is 8.65. The monoisotopic (exact) mass is 323 g/mol. The van der Waals surface area contributed by atoms with Crippen molar-refractivity contribution in [2.45, 2.75) is 32.7 Å². The van der Waals surface area contributed by atoms with Crippen molar-refractivity contribution in [3.63, 3.8) is 0 Å². The normalized spacial score (nSPS) is 17.3. The van der Waals surface area contributed by atoms with Crippen LogP contribution in [0, 0.1) is 5.92 Å². The van der Waals surface area contributed by atoms with Gasteiger partial charge in [-0.25, -0.2) is 0 Å². The maximum absolute atomic E-state index is 12.6. The van der Waals surface area contributed by atoms with Crippen LogP contribution in [0.15, 0.2) is 48.5 Å². The summed E-state index contributed by atoms with van der Waals surface area (Å²) in [5.41, 5.74) is 3.55. The van der Waals surface area contributed by atoms with Crippen molar-refractivity contribution in [1.29, 1.82) is 0 Å². The third kappa shape index (κ3) is 3.16. The van der Waals surface area contributed by atoms with E-state index in [0.717, 1.165) is 30.7 Å². The molecule has 2 aromatic rings. The van der Waals surface area contributed by atoms with Gasteiger partial charge in [-0.3, -0.25) is 4.79 Å². The average Bonchev–Trinajstić information content (AvgIpc) is 3.10. The highest BCUT2D eigenvalue weighted by atomic mass is 16.5. The molecule has 3 rings (SSSR count). The van der Waals surface area contributed by atoms with Crippen molar-refractivity contribution in [3.8, 4) is 16.9 Å². The molecule has 1 atom stereocenters. The molecule has 1 amide bonds. The number of ether oxygens (including phenoxy) is 1. The van der Waals surface area contributed by atoms with Gasteiger partial charge in [0.25, 0.3) is 0 Å². The molecule has 1 fully saturated rings. The number of carbonyl (C=O) groups is 1. The SMILES string of the molecule is COc1cccc(-c2ccccc2[C@@H]2CCCN2C(=O)C(C)C)c1. The fraction of sp³-hybridized carbons (Fsp3) is 0.381. The summed E-state index contributed by atoms with van der Waals surface area (Å²) in [4.78, 5) is 14.6. The van der Waals surface area contributed by atoms with Crippen molar-refractivity contribution in [3.05, 3.63) is 54.1 Å². The van der Waals surface area contributed by atoms with E-state index in [1.807, 2.05) is 26.0 Å². The highest BCUT2D eigenvalue weighted by Gasteiger charge is 2.32. The second-order valence-corrected chi connectivity index (χ2v) is 6.66. The number of hydrogen-bond donors (Lipinski definition) is 0. The Labute approximate surface area is 144 Å². The van der Waals surface area contributed by atoms with Gasteiger partial charge < -0.3 is 9.64 Å². The Morgan fingerprint density at radius 1 is 1.17 bits per heavy atom. The van der Waals surface area contributed by atoms with Crippen LogP contribution in [0.2, 0.25) is 0 Å². The largest absolute Gasteiger partial charge is 0.497 e. The summed E-state index contributed by atoms with van der Waals surface area (Å²) < 4.78 is 5.37. The van der Waals surface area contributed by atoms with Gasteiger partial charge in [0.05, 0.1) is 13.2 Å². The molecule has 24 heavy (non-hydrogen) atoms. The molecule has 1 aliphatic heterocycles. The Kier molecular flexibility index (Phi) is 4.89. The van der Waals surface area contributed by atoms with Crippen molar-refractivity contribution in [2.24, 2.45) is 5.92 Å². The van der Waals surface area contributed by atoms with Gasteiger partial charge in [-0.1, -0.05) is 50.2 Å². The molecule has 0 radical (unpaired) electrons. The molecule has 2 aromatic carbocycles. The highest BCUT2D eigenvalue weighted by Crippen LogP contribution is 2.38. The van der Waals surface area contributed by atoms with Gasteiger partial charge in [0.1, 0.15) is 5.75 Å². The maximum Gasteiger partial charge on any atom is 0.225 e. The first-order valence-corrected chi connectivity index (χ1v) is 8.65. The molecular formula is C21H25NO2. The zero-order chi connectivity index (χ0) is 17.1. The van der Waals surface area contributed by atoms with E-state index >= 15 is 0 Å². The number of methoxy groups -OCH3 is 1. The maximum atomic E-state index is 12.6. The fourth-order valence-electron chi connectivity index (χ4n) is 3.53. The number of likely N-dealkylation sites (tertiary alicyclic amines) is 1. The van der Waals surface area contributed by atoms with Crippen LogP contribution in [0.1, 0.15) is 38.3 Å². The van der Waals surface area contributed by atoms with Crippen molar-refractivity contribution >= 4 is 5.91 Å². The van der Waals surface area contributed by atoms with E-state index in [1.54, 1.807) is 7.11 Å². The predicted octanol–water partition coefficient (Wildman–Crippen LogP) is 4.68. The van der Waals surface area contributed by atoms with Gasteiger partial charge in [-0.2, -0.15) is 0 Å². The van der Waals surface area contributed by atoms with Gasteiger partial charge in [0.15, 0.2) is 0 Å². The second-order valence-electron chi connectivity index (χ2n) is 6.66. The molecule has 0 spiro atoms. The summed E-state index contributed by atoms with van der Waals surface area (Å²) in [6.07, 6.45) is 2.09. The third-order valence-electron chi connectivity index (χ3n) is 4.73. The van der Waals surface area contributed by atoms with Crippen LogP contribution >= 0.6 is 0 Å². The number of amides is 1. The van der Waals surface area contributed by atoms with Gasteiger partial charge in [-0.15, -0.1) is 0 Å². The van der Waals surface area contributed by atoms with Gasteiger partial charge in [-0.05, 0) is 41.7 Å². The van der Waals surface area contributed by atoms with E-state index in [9.17, 15) is 4.79 Å². The Morgan fingerprint density at radius 2 is 1.96 bits per heavy atom. The number of nitrogens with zero attached hydrogens (tertiary/aromatic N) is 1. The van der Waals surface area contributed by atoms with E-state index in [1.165, 1.54) is 11.1 Å². The molecule has 3 heteroatoms. The lowest BCUT2D eigenvalue weighted by Crippen LogP contribution is -2.33. The highest BCUT2D eigenvalue weighted by molar-refractivity contribution is 5.80. The summed E-state index contributed by atoms with van der Waals surface area (Å²) >= 11 is 0. The average molecular weight is 323 g/mol. The summed E-state index contributed by atoms with van der Waals surface area (Å²) in [6.45, 7) is 4.81. The van der Waals surface area contributed by atoms with E-state index < -0.39 is 0 Å². The molecule has 0 saturated carbocycles. The molecule has 0 bridgehead atoms. The summed E-state index contributed by atoms with van der Waals surface area (Å²) in [5.74, 6) is 1.14. The Morgan fingerprint density at radius 3 is 2.71 bits per heavy atom. The fourth-order valence-corrected chi connectivity index (χ4v) is 3.53. The van der Waals surface area contributed by atoms with E-state index in [-0.39, 0.29) is 17.9 Å². The quantitative estimate of drug-likeness (QED) is 0.817. The molecule has 1 saturated heterocycles. The second kappa shape index (κ2) is 7.08. The Balaban J connectivity index is 2.01. The summed E-state index contributed by atoms with van der Waals surface area (Å²) in [7, 11) is 1.69. The van der Waals surface area contributed by atoms with Crippen molar-refractivity contribution in [2.75, 3.05) is 13.7 Å². The van der Waals surface area contributed by atoms with Crippen LogP contribution in [0.4, 0.5) is 0 Å². The summed E-state index contributed by atoms with van der Waals surface area (Å²) in [5, 5.41) is 0. The van der Waals surface area contributed by atoms with Crippen LogP contribution in [0.3, 0.4) is 0 Å². The minimum Gasteiger partial charge on any atom is -0.497 e. The molecule has 1 heterocycles. The predicted molar refractivity (Wildman–Crippen MR) is 97.0 cm³/mol. The molecule has 0 aromatic heterocycles. The lowest BCUT2D eigenvalue weighted by molar-refractivity contribution is -0.135. The van der Waals surface area contributed by atoms with Crippen molar-refractivity contribution in [1.82, 2.24) is 4.90 Å². The third-order valence-corrected chi connectivity index (χ3v) is 4.73. The Hall–Kier alpha value is -2.29. The first-order chi connectivity index (χ1) is 11.6. The van der Waals surface area contributed by atoms with Crippen LogP contribution < -0.4 is 4.74 Å². The van der Waals surface area contributed by atoms with Gasteiger partial charge >= 0.3 is 0 Å². The van der Waals surface area contributed by atoms with E-state index in [0.29, 0.717) is 0 Å². The molecule has 1 aliphatic rings. The summed E-state index contributed by atoms with van der Waals surface area (Å²) in [6, 6.07) is 16.7. The molecule has 126 valence electrons. The van der Waals surface area contributed by atoms with E-state index in [2.05, 4.69) is 41.3 Å². The van der Waals surface area contributed by atoms with Crippen molar-refractivity contribution < 1.29 is 9.53 Å².